The molecular weight excluding hydrogens is 407 g/mol. The van der Waals surface area contributed by atoms with Crippen LogP contribution in [0.1, 0.15) is 31.7 Å². The maximum Gasteiger partial charge on any atom is 0.191 e. The first kappa shape index (κ1) is 19.7. The van der Waals surface area contributed by atoms with Crippen LogP contribution in [0.25, 0.3) is 0 Å². The second-order valence-corrected chi connectivity index (χ2v) is 6.64. The van der Waals surface area contributed by atoms with Gasteiger partial charge in [-0.05, 0) is 67.2 Å². The summed E-state index contributed by atoms with van der Waals surface area (Å²) in [7, 11) is 1.83. The van der Waals surface area contributed by atoms with E-state index in [1.807, 2.05) is 7.05 Å². The molecule has 2 rings (SSSR count). The number of halogens is 1. The molecule has 1 saturated heterocycles. The van der Waals surface area contributed by atoms with Crippen molar-refractivity contribution in [3.63, 3.8) is 0 Å². The minimum atomic E-state index is 0. The smallest absolute Gasteiger partial charge is 0.191 e. The lowest BCUT2D eigenvalue weighted by Gasteiger charge is -2.30. The number of thiophene rings is 1. The molecule has 6 heteroatoms. The molecule has 0 amide bonds. The Morgan fingerprint density at radius 2 is 2.14 bits per heavy atom. The van der Waals surface area contributed by atoms with Crippen LogP contribution >= 0.6 is 35.3 Å². The fourth-order valence-corrected chi connectivity index (χ4v) is 3.26. The highest BCUT2D eigenvalue weighted by atomic mass is 127. The lowest BCUT2D eigenvalue weighted by molar-refractivity contribution is 0.191. The highest BCUT2D eigenvalue weighted by molar-refractivity contribution is 14.0. The van der Waals surface area contributed by atoms with E-state index in [9.17, 15) is 0 Å². The van der Waals surface area contributed by atoms with Crippen molar-refractivity contribution in [1.82, 2.24) is 15.5 Å². The summed E-state index contributed by atoms with van der Waals surface area (Å²) >= 11 is 1.73. The molecule has 1 aliphatic rings. The van der Waals surface area contributed by atoms with Gasteiger partial charge in [-0.2, -0.15) is 11.3 Å². The highest BCUT2D eigenvalue weighted by Crippen LogP contribution is 2.15. The summed E-state index contributed by atoms with van der Waals surface area (Å²) in [6.07, 6.45) is 3.89. The van der Waals surface area contributed by atoms with E-state index in [1.165, 1.54) is 44.5 Å². The molecule has 1 aromatic heterocycles. The Balaban J connectivity index is 0.00000242. The van der Waals surface area contributed by atoms with Crippen molar-refractivity contribution in [1.29, 1.82) is 0 Å². The van der Waals surface area contributed by atoms with Crippen molar-refractivity contribution in [2.75, 3.05) is 33.2 Å². The molecule has 4 nitrogen and oxygen atoms in total. The first-order valence-electron chi connectivity index (χ1n) is 7.96. The molecule has 22 heavy (non-hydrogen) atoms. The number of nitrogens with zero attached hydrogens (tertiary/aromatic N) is 2. The lowest BCUT2D eigenvalue weighted by atomic mass is 9.99. The van der Waals surface area contributed by atoms with Crippen molar-refractivity contribution < 1.29 is 0 Å². The van der Waals surface area contributed by atoms with Gasteiger partial charge in [-0.1, -0.05) is 6.92 Å². The van der Waals surface area contributed by atoms with Crippen LogP contribution in [0.3, 0.4) is 0 Å². The molecule has 0 spiro atoms. The third kappa shape index (κ3) is 7.28. The summed E-state index contributed by atoms with van der Waals surface area (Å²) in [5.41, 5.74) is 1.31. The molecule has 1 fully saturated rings. The molecule has 0 aromatic carbocycles. The van der Waals surface area contributed by atoms with Crippen LogP contribution in [-0.4, -0.2) is 44.1 Å². The van der Waals surface area contributed by atoms with Gasteiger partial charge in [0.15, 0.2) is 5.96 Å². The standard InChI is InChI=1S/C16H28N4S.HI/c1-14-4-9-20(10-5-14)8-3-7-18-16(17-2)19-12-15-6-11-21-13-15;/h6,11,13-14H,3-5,7-10,12H2,1-2H3,(H2,17,18,19);1H. The van der Waals surface area contributed by atoms with E-state index < -0.39 is 0 Å². The van der Waals surface area contributed by atoms with E-state index in [0.29, 0.717) is 0 Å². The zero-order valence-electron chi connectivity index (χ0n) is 13.7. The summed E-state index contributed by atoms with van der Waals surface area (Å²) in [4.78, 5) is 6.85. The zero-order chi connectivity index (χ0) is 14.9. The van der Waals surface area contributed by atoms with Crippen molar-refractivity contribution in [3.05, 3.63) is 22.4 Å². The van der Waals surface area contributed by atoms with Crippen molar-refractivity contribution in [3.8, 4) is 0 Å². The molecule has 0 unspecified atom stereocenters. The second kappa shape index (κ2) is 11.2. The Morgan fingerprint density at radius 1 is 1.36 bits per heavy atom. The van der Waals surface area contributed by atoms with Crippen molar-refractivity contribution >= 4 is 41.3 Å². The van der Waals surface area contributed by atoms with E-state index in [1.54, 1.807) is 11.3 Å². The van der Waals surface area contributed by atoms with Crippen molar-refractivity contribution in [2.45, 2.75) is 32.7 Å². The number of guanidine groups is 1. The van der Waals surface area contributed by atoms with Gasteiger partial charge < -0.3 is 15.5 Å². The van der Waals surface area contributed by atoms with Crippen LogP contribution in [0, 0.1) is 5.92 Å². The number of likely N-dealkylation sites (tertiary alicyclic amines) is 1. The number of hydrogen-bond donors (Lipinski definition) is 2. The van der Waals surface area contributed by atoms with Crippen LogP contribution < -0.4 is 10.6 Å². The molecule has 0 atom stereocenters. The van der Waals surface area contributed by atoms with Gasteiger partial charge in [0.05, 0.1) is 0 Å². The molecular formula is C16H29IN4S. The zero-order valence-corrected chi connectivity index (χ0v) is 16.8. The van der Waals surface area contributed by atoms with Gasteiger partial charge in [0.25, 0.3) is 0 Å². The van der Waals surface area contributed by atoms with Gasteiger partial charge in [-0.3, -0.25) is 4.99 Å². The Kier molecular flexibility index (Phi) is 10.1. The molecule has 0 radical (unpaired) electrons. The Hall–Kier alpha value is -0.340. The van der Waals surface area contributed by atoms with Crippen LogP contribution in [0.5, 0.6) is 0 Å². The molecule has 0 bridgehead atoms. The minimum Gasteiger partial charge on any atom is -0.356 e. The van der Waals surface area contributed by atoms with E-state index >= 15 is 0 Å². The van der Waals surface area contributed by atoms with Crippen LogP contribution in [-0.2, 0) is 6.54 Å². The minimum absolute atomic E-state index is 0. The SMILES string of the molecule is CN=C(NCCCN1CCC(C)CC1)NCc1ccsc1.I. The maximum atomic E-state index is 4.27. The molecule has 126 valence electrons. The van der Waals surface area contributed by atoms with Gasteiger partial charge in [-0.15, -0.1) is 24.0 Å². The topological polar surface area (TPSA) is 39.7 Å². The summed E-state index contributed by atoms with van der Waals surface area (Å²) in [6, 6.07) is 2.14. The van der Waals surface area contributed by atoms with E-state index in [-0.39, 0.29) is 24.0 Å². The van der Waals surface area contributed by atoms with Crippen LogP contribution in [0.15, 0.2) is 21.8 Å². The van der Waals surface area contributed by atoms with Gasteiger partial charge in [-0.25, -0.2) is 0 Å². The van der Waals surface area contributed by atoms with Gasteiger partial charge in [0.2, 0.25) is 0 Å². The molecule has 2 N–H and O–H groups in total. The Morgan fingerprint density at radius 3 is 2.77 bits per heavy atom. The Labute approximate surface area is 155 Å². The Bertz CT molecular complexity index is 414. The fraction of sp³-hybridized carbons (Fsp3) is 0.688. The first-order chi connectivity index (χ1) is 10.3. The summed E-state index contributed by atoms with van der Waals surface area (Å²) in [6.45, 7) is 7.92. The summed E-state index contributed by atoms with van der Waals surface area (Å²) in [5, 5.41) is 11.0. The van der Waals surface area contributed by atoms with Crippen molar-refractivity contribution in [2.24, 2.45) is 10.9 Å². The second-order valence-electron chi connectivity index (χ2n) is 5.86. The summed E-state index contributed by atoms with van der Waals surface area (Å²) in [5.74, 6) is 1.81. The molecule has 0 saturated carbocycles. The number of aliphatic imine (C=N–C) groups is 1. The predicted octanol–water partition coefficient (Wildman–Crippen LogP) is 3.15. The molecule has 1 aromatic rings. The third-order valence-corrected chi connectivity index (χ3v) is 4.82. The van der Waals surface area contributed by atoms with E-state index in [4.69, 9.17) is 0 Å². The number of piperidine rings is 1. The monoisotopic (exact) mass is 436 g/mol. The predicted molar refractivity (Wildman–Crippen MR) is 107 cm³/mol. The van der Waals surface area contributed by atoms with Crippen LogP contribution in [0.4, 0.5) is 0 Å². The number of hydrogen-bond acceptors (Lipinski definition) is 3. The average molecular weight is 436 g/mol. The normalized spacial score (nSPS) is 17.1. The van der Waals surface area contributed by atoms with Gasteiger partial charge >= 0.3 is 0 Å². The summed E-state index contributed by atoms with van der Waals surface area (Å²) < 4.78 is 0. The van der Waals surface area contributed by atoms with E-state index in [0.717, 1.165) is 25.0 Å². The fourth-order valence-electron chi connectivity index (χ4n) is 2.59. The maximum absolute atomic E-state index is 4.27. The van der Waals surface area contributed by atoms with Gasteiger partial charge in [0, 0.05) is 20.1 Å². The van der Waals surface area contributed by atoms with Gasteiger partial charge in [0.1, 0.15) is 0 Å². The number of rotatable bonds is 6. The largest absolute Gasteiger partial charge is 0.356 e. The lowest BCUT2D eigenvalue weighted by Crippen LogP contribution is -2.39. The van der Waals surface area contributed by atoms with Crippen LogP contribution in [0.2, 0.25) is 0 Å². The quantitative estimate of drug-likeness (QED) is 0.312. The first-order valence-corrected chi connectivity index (χ1v) is 8.90. The number of nitrogens with one attached hydrogen (secondary N) is 2. The average Bonchev–Trinajstić information content (AvgIpc) is 3.02. The third-order valence-electron chi connectivity index (χ3n) is 4.08. The van der Waals surface area contributed by atoms with E-state index in [2.05, 4.69) is 44.3 Å². The molecule has 2 heterocycles. The highest BCUT2D eigenvalue weighted by Gasteiger charge is 2.14. The molecule has 1 aliphatic heterocycles. The molecule has 0 aliphatic carbocycles.